The molecule has 114 valence electrons. The number of hydrogen-bond acceptors (Lipinski definition) is 6. The molecule has 0 aliphatic carbocycles. The van der Waals surface area contributed by atoms with Crippen LogP contribution in [0.5, 0.6) is 0 Å². The fourth-order valence-corrected chi connectivity index (χ4v) is 1.99. The van der Waals surface area contributed by atoms with Gasteiger partial charge in [-0.2, -0.15) is 4.98 Å². The standard InChI is InChI=1S/C15H21N3O3/c1-3-13(20-4-2)14-17-15(21-18-14)11-5-7-12(8-6-11)16-9-10-19/h5-8,13,16,19H,3-4,9-10H2,1-2H3. The first-order valence-electron chi connectivity index (χ1n) is 7.18. The van der Waals surface area contributed by atoms with Crippen molar-refractivity contribution in [3.05, 3.63) is 30.1 Å². The summed E-state index contributed by atoms with van der Waals surface area (Å²) in [6.45, 7) is 5.22. The Balaban J connectivity index is 2.10. The Labute approximate surface area is 124 Å². The second kappa shape index (κ2) is 7.75. The van der Waals surface area contributed by atoms with Gasteiger partial charge < -0.3 is 19.7 Å². The zero-order valence-corrected chi connectivity index (χ0v) is 12.4. The van der Waals surface area contributed by atoms with Gasteiger partial charge in [0.05, 0.1) is 6.61 Å². The van der Waals surface area contributed by atoms with Crippen LogP contribution in [0.1, 0.15) is 32.2 Å². The summed E-state index contributed by atoms with van der Waals surface area (Å²) in [6, 6.07) is 7.63. The van der Waals surface area contributed by atoms with E-state index in [1.165, 1.54) is 0 Å². The topological polar surface area (TPSA) is 80.4 Å². The monoisotopic (exact) mass is 291 g/mol. The van der Waals surface area contributed by atoms with Gasteiger partial charge in [0.1, 0.15) is 6.10 Å². The van der Waals surface area contributed by atoms with Crippen molar-refractivity contribution in [3.63, 3.8) is 0 Å². The van der Waals surface area contributed by atoms with Crippen molar-refractivity contribution in [2.24, 2.45) is 0 Å². The Morgan fingerprint density at radius 1 is 1.29 bits per heavy atom. The molecule has 0 saturated heterocycles. The second-order valence-corrected chi connectivity index (χ2v) is 4.54. The molecule has 0 amide bonds. The number of ether oxygens (including phenoxy) is 1. The summed E-state index contributed by atoms with van der Waals surface area (Å²) in [5, 5.41) is 15.9. The van der Waals surface area contributed by atoms with Crippen molar-refractivity contribution in [1.29, 1.82) is 0 Å². The highest BCUT2D eigenvalue weighted by molar-refractivity contribution is 5.58. The molecule has 0 aliphatic heterocycles. The van der Waals surface area contributed by atoms with Gasteiger partial charge in [-0.1, -0.05) is 12.1 Å². The van der Waals surface area contributed by atoms with Gasteiger partial charge in [0.15, 0.2) is 0 Å². The van der Waals surface area contributed by atoms with E-state index in [0.717, 1.165) is 17.7 Å². The molecule has 1 heterocycles. The van der Waals surface area contributed by atoms with Gasteiger partial charge in [-0.15, -0.1) is 0 Å². The molecule has 21 heavy (non-hydrogen) atoms. The molecular weight excluding hydrogens is 270 g/mol. The number of aliphatic hydroxyl groups is 1. The van der Waals surface area contributed by atoms with E-state index in [-0.39, 0.29) is 12.7 Å². The molecule has 2 aromatic rings. The van der Waals surface area contributed by atoms with Gasteiger partial charge in [-0.05, 0) is 37.6 Å². The molecule has 0 saturated carbocycles. The number of benzene rings is 1. The quantitative estimate of drug-likeness (QED) is 0.778. The maximum Gasteiger partial charge on any atom is 0.258 e. The number of nitrogens with one attached hydrogen (secondary N) is 1. The van der Waals surface area contributed by atoms with E-state index < -0.39 is 0 Å². The number of nitrogens with zero attached hydrogens (tertiary/aromatic N) is 2. The maximum absolute atomic E-state index is 8.77. The van der Waals surface area contributed by atoms with E-state index in [0.29, 0.717) is 24.9 Å². The lowest BCUT2D eigenvalue weighted by molar-refractivity contribution is 0.0518. The van der Waals surface area contributed by atoms with Gasteiger partial charge in [-0.25, -0.2) is 0 Å². The molecule has 0 radical (unpaired) electrons. The highest BCUT2D eigenvalue weighted by Crippen LogP contribution is 2.23. The van der Waals surface area contributed by atoms with Crippen LogP contribution in [-0.2, 0) is 4.74 Å². The fraction of sp³-hybridized carbons (Fsp3) is 0.467. The first-order valence-corrected chi connectivity index (χ1v) is 7.18. The van der Waals surface area contributed by atoms with Crippen LogP contribution in [0.2, 0.25) is 0 Å². The van der Waals surface area contributed by atoms with Crippen molar-refractivity contribution in [2.75, 3.05) is 25.1 Å². The molecule has 2 N–H and O–H groups in total. The molecule has 1 aromatic carbocycles. The van der Waals surface area contributed by atoms with E-state index in [9.17, 15) is 0 Å². The summed E-state index contributed by atoms with van der Waals surface area (Å²) in [4.78, 5) is 4.40. The van der Waals surface area contributed by atoms with Gasteiger partial charge in [0.25, 0.3) is 5.89 Å². The molecule has 0 spiro atoms. The van der Waals surface area contributed by atoms with Crippen LogP contribution in [0, 0.1) is 0 Å². The molecule has 6 nitrogen and oxygen atoms in total. The first-order chi connectivity index (χ1) is 10.3. The normalized spacial score (nSPS) is 12.3. The minimum Gasteiger partial charge on any atom is -0.395 e. The molecule has 6 heteroatoms. The van der Waals surface area contributed by atoms with Crippen molar-refractivity contribution in [1.82, 2.24) is 10.1 Å². The van der Waals surface area contributed by atoms with Crippen molar-refractivity contribution >= 4 is 5.69 Å². The van der Waals surface area contributed by atoms with Gasteiger partial charge in [0, 0.05) is 24.4 Å². The first kappa shape index (κ1) is 15.5. The Hall–Kier alpha value is -1.92. The minimum atomic E-state index is -0.127. The van der Waals surface area contributed by atoms with Gasteiger partial charge >= 0.3 is 0 Å². The third kappa shape index (κ3) is 4.03. The molecule has 1 atom stereocenters. The molecular formula is C15H21N3O3. The number of anilines is 1. The number of hydrogen-bond donors (Lipinski definition) is 2. The Morgan fingerprint density at radius 3 is 2.67 bits per heavy atom. The van der Waals surface area contributed by atoms with Crippen LogP contribution >= 0.6 is 0 Å². The van der Waals surface area contributed by atoms with Crippen molar-refractivity contribution in [3.8, 4) is 11.5 Å². The summed E-state index contributed by atoms with van der Waals surface area (Å²) in [5.74, 6) is 1.06. The van der Waals surface area contributed by atoms with Gasteiger partial charge in [-0.3, -0.25) is 0 Å². The number of rotatable bonds is 8. The Kier molecular flexibility index (Phi) is 5.71. The van der Waals surface area contributed by atoms with Crippen LogP contribution < -0.4 is 5.32 Å². The second-order valence-electron chi connectivity index (χ2n) is 4.54. The van der Waals surface area contributed by atoms with Crippen LogP contribution in [0.3, 0.4) is 0 Å². The van der Waals surface area contributed by atoms with Crippen LogP contribution in [-0.4, -0.2) is 35.0 Å². The third-order valence-corrected chi connectivity index (χ3v) is 3.04. The largest absolute Gasteiger partial charge is 0.395 e. The smallest absolute Gasteiger partial charge is 0.258 e. The zero-order valence-electron chi connectivity index (χ0n) is 12.4. The third-order valence-electron chi connectivity index (χ3n) is 3.04. The van der Waals surface area contributed by atoms with E-state index in [1.807, 2.05) is 38.1 Å². The van der Waals surface area contributed by atoms with E-state index in [2.05, 4.69) is 15.5 Å². The summed E-state index contributed by atoms with van der Waals surface area (Å²) in [7, 11) is 0. The van der Waals surface area contributed by atoms with Crippen LogP contribution in [0.15, 0.2) is 28.8 Å². The average Bonchev–Trinajstić information content (AvgIpc) is 3.00. The minimum absolute atomic E-state index is 0.102. The highest BCUT2D eigenvalue weighted by atomic mass is 16.5. The van der Waals surface area contributed by atoms with Crippen molar-refractivity contribution in [2.45, 2.75) is 26.4 Å². The summed E-state index contributed by atoms with van der Waals surface area (Å²) in [6.07, 6.45) is 0.676. The van der Waals surface area contributed by atoms with E-state index in [1.54, 1.807) is 0 Å². The summed E-state index contributed by atoms with van der Waals surface area (Å²) < 4.78 is 10.9. The molecule has 2 rings (SSSR count). The lowest BCUT2D eigenvalue weighted by Gasteiger charge is -2.09. The molecule has 0 bridgehead atoms. The molecule has 0 aliphatic rings. The SMILES string of the molecule is CCOC(CC)c1noc(-c2ccc(NCCO)cc2)n1. The fourth-order valence-electron chi connectivity index (χ4n) is 1.99. The van der Waals surface area contributed by atoms with E-state index >= 15 is 0 Å². The Bertz CT molecular complexity index is 539. The van der Waals surface area contributed by atoms with Gasteiger partial charge in [0.2, 0.25) is 5.82 Å². The Morgan fingerprint density at radius 2 is 2.05 bits per heavy atom. The summed E-state index contributed by atoms with van der Waals surface area (Å²) in [5.41, 5.74) is 1.79. The lowest BCUT2D eigenvalue weighted by Crippen LogP contribution is -2.05. The van der Waals surface area contributed by atoms with Crippen LogP contribution in [0.25, 0.3) is 11.5 Å². The molecule has 0 fully saturated rings. The highest BCUT2D eigenvalue weighted by Gasteiger charge is 2.17. The number of aromatic nitrogens is 2. The van der Waals surface area contributed by atoms with Crippen LogP contribution in [0.4, 0.5) is 5.69 Å². The lowest BCUT2D eigenvalue weighted by atomic mass is 10.2. The summed E-state index contributed by atoms with van der Waals surface area (Å²) >= 11 is 0. The maximum atomic E-state index is 8.77. The predicted molar refractivity (Wildman–Crippen MR) is 80.0 cm³/mol. The number of aliphatic hydroxyl groups excluding tert-OH is 1. The average molecular weight is 291 g/mol. The predicted octanol–water partition coefficient (Wildman–Crippen LogP) is 2.63. The zero-order chi connectivity index (χ0) is 15.1. The molecule has 1 aromatic heterocycles. The molecule has 1 unspecified atom stereocenters. The van der Waals surface area contributed by atoms with E-state index in [4.69, 9.17) is 14.4 Å². The van der Waals surface area contributed by atoms with Crippen molar-refractivity contribution < 1.29 is 14.4 Å².